The molecule has 19 heavy (non-hydrogen) atoms. The second-order valence-corrected chi connectivity index (χ2v) is 4.36. The van der Waals surface area contributed by atoms with Gasteiger partial charge in [0.25, 0.3) is 5.69 Å². The Hall–Kier alpha value is -1.69. The summed E-state index contributed by atoms with van der Waals surface area (Å²) < 4.78 is 18.2. The first-order valence-electron chi connectivity index (χ1n) is 6.23. The molecule has 0 unspecified atom stereocenters. The fourth-order valence-corrected chi connectivity index (χ4v) is 1.73. The van der Waals surface area contributed by atoms with Crippen LogP contribution in [0.25, 0.3) is 0 Å². The maximum absolute atomic E-state index is 13.3. The van der Waals surface area contributed by atoms with Crippen molar-refractivity contribution in [2.45, 2.75) is 26.2 Å². The summed E-state index contributed by atoms with van der Waals surface area (Å²) in [5.74, 6) is -0.558. The molecule has 0 radical (unpaired) electrons. The number of unbranched alkanes of at least 4 members (excludes halogenated alkanes) is 2. The third-order valence-electron chi connectivity index (χ3n) is 2.81. The minimum Gasteiger partial charge on any atom is -0.385 e. The van der Waals surface area contributed by atoms with E-state index in [1.54, 1.807) is 14.0 Å². The smallest absolute Gasteiger partial charge is 0.295 e. The van der Waals surface area contributed by atoms with Crippen molar-refractivity contribution in [1.29, 1.82) is 0 Å². The van der Waals surface area contributed by atoms with Gasteiger partial charge in [0, 0.05) is 20.3 Å². The number of aryl methyl sites for hydroxylation is 1. The minimum atomic E-state index is -0.574. The Balaban J connectivity index is 2.57. The summed E-state index contributed by atoms with van der Waals surface area (Å²) in [4.78, 5) is 10.3. The van der Waals surface area contributed by atoms with Crippen molar-refractivity contribution >= 4 is 11.4 Å². The van der Waals surface area contributed by atoms with Crippen molar-refractivity contribution < 1.29 is 14.1 Å². The van der Waals surface area contributed by atoms with Crippen LogP contribution in [0.4, 0.5) is 15.8 Å². The van der Waals surface area contributed by atoms with Gasteiger partial charge in [-0.15, -0.1) is 0 Å². The quantitative estimate of drug-likeness (QED) is 0.447. The van der Waals surface area contributed by atoms with E-state index >= 15 is 0 Å². The summed E-state index contributed by atoms with van der Waals surface area (Å²) in [5.41, 5.74) is 0.545. The summed E-state index contributed by atoms with van der Waals surface area (Å²) in [7, 11) is 1.66. The average Bonchev–Trinajstić information content (AvgIpc) is 2.37. The Morgan fingerprint density at radius 3 is 2.74 bits per heavy atom. The molecular formula is C13H19FN2O3. The lowest BCUT2D eigenvalue weighted by Crippen LogP contribution is -2.06. The van der Waals surface area contributed by atoms with Crippen LogP contribution < -0.4 is 5.32 Å². The second kappa shape index (κ2) is 7.68. The van der Waals surface area contributed by atoms with Crippen molar-refractivity contribution in [3.63, 3.8) is 0 Å². The van der Waals surface area contributed by atoms with Crippen LogP contribution in [0.5, 0.6) is 0 Å². The van der Waals surface area contributed by atoms with E-state index in [9.17, 15) is 14.5 Å². The first-order valence-corrected chi connectivity index (χ1v) is 6.23. The van der Waals surface area contributed by atoms with Crippen LogP contribution in [0.15, 0.2) is 12.1 Å². The molecule has 0 aliphatic heterocycles. The minimum absolute atomic E-state index is 0.222. The van der Waals surface area contributed by atoms with Crippen LogP contribution >= 0.6 is 0 Å². The number of nitrogens with zero attached hydrogens (tertiary/aromatic N) is 1. The lowest BCUT2D eigenvalue weighted by Gasteiger charge is -2.08. The van der Waals surface area contributed by atoms with E-state index in [1.165, 1.54) is 6.07 Å². The largest absolute Gasteiger partial charge is 0.385 e. The number of nitrogens with one attached hydrogen (secondary N) is 1. The van der Waals surface area contributed by atoms with Crippen molar-refractivity contribution in [3.05, 3.63) is 33.6 Å². The monoisotopic (exact) mass is 270 g/mol. The van der Waals surface area contributed by atoms with Crippen molar-refractivity contribution in [3.8, 4) is 0 Å². The molecule has 6 heteroatoms. The third kappa shape index (κ3) is 4.82. The van der Waals surface area contributed by atoms with Crippen LogP contribution in [0.2, 0.25) is 0 Å². The number of ether oxygens (including phenoxy) is 1. The molecule has 0 bridgehead atoms. The Kier molecular flexibility index (Phi) is 6.21. The molecule has 1 aromatic rings. The molecule has 0 saturated heterocycles. The Bertz CT molecular complexity index is 438. The van der Waals surface area contributed by atoms with Gasteiger partial charge in [0.05, 0.1) is 11.0 Å². The van der Waals surface area contributed by atoms with Gasteiger partial charge in [0.2, 0.25) is 0 Å². The number of hydrogen-bond acceptors (Lipinski definition) is 4. The predicted octanol–water partition coefficient (Wildman–Crippen LogP) is 3.27. The van der Waals surface area contributed by atoms with Gasteiger partial charge in [-0.25, -0.2) is 4.39 Å². The van der Waals surface area contributed by atoms with Crippen molar-refractivity contribution in [2.24, 2.45) is 0 Å². The van der Waals surface area contributed by atoms with Gasteiger partial charge in [0.15, 0.2) is 0 Å². The molecule has 1 aromatic carbocycles. The molecule has 0 heterocycles. The van der Waals surface area contributed by atoms with Gasteiger partial charge >= 0.3 is 0 Å². The normalized spacial score (nSPS) is 10.5. The number of benzene rings is 1. The maximum atomic E-state index is 13.3. The molecule has 0 aliphatic carbocycles. The molecule has 1 N–H and O–H groups in total. The number of hydrogen-bond donors (Lipinski definition) is 1. The zero-order valence-corrected chi connectivity index (χ0v) is 11.2. The Labute approximate surface area is 111 Å². The van der Waals surface area contributed by atoms with Gasteiger partial charge in [0.1, 0.15) is 11.5 Å². The Morgan fingerprint density at radius 2 is 2.11 bits per heavy atom. The van der Waals surface area contributed by atoms with Crippen molar-refractivity contribution in [1.82, 2.24) is 0 Å². The number of halogens is 1. The fraction of sp³-hybridized carbons (Fsp3) is 0.538. The van der Waals surface area contributed by atoms with Crippen LogP contribution in [-0.2, 0) is 4.74 Å². The maximum Gasteiger partial charge on any atom is 0.295 e. The molecule has 0 aromatic heterocycles. The fourth-order valence-electron chi connectivity index (χ4n) is 1.73. The lowest BCUT2D eigenvalue weighted by molar-refractivity contribution is -0.384. The number of rotatable bonds is 8. The highest BCUT2D eigenvalue weighted by Gasteiger charge is 2.16. The van der Waals surface area contributed by atoms with Gasteiger partial charge < -0.3 is 10.1 Å². The van der Waals surface area contributed by atoms with E-state index in [0.29, 0.717) is 17.8 Å². The highest BCUT2D eigenvalue weighted by molar-refractivity contribution is 5.63. The number of nitro benzene ring substituents is 1. The third-order valence-corrected chi connectivity index (χ3v) is 2.81. The molecule has 0 saturated carbocycles. The van der Waals surface area contributed by atoms with Gasteiger partial charge in [-0.1, -0.05) is 0 Å². The van der Waals surface area contributed by atoms with Crippen molar-refractivity contribution in [2.75, 3.05) is 25.6 Å². The second-order valence-electron chi connectivity index (χ2n) is 4.36. The zero-order valence-electron chi connectivity index (χ0n) is 11.2. The summed E-state index contributed by atoms with van der Waals surface area (Å²) in [6.07, 6.45) is 2.83. The summed E-state index contributed by atoms with van der Waals surface area (Å²) in [6.45, 7) is 2.92. The molecule has 0 atom stereocenters. The van der Waals surface area contributed by atoms with E-state index in [1.807, 2.05) is 0 Å². The summed E-state index contributed by atoms with van der Waals surface area (Å²) >= 11 is 0. The summed E-state index contributed by atoms with van der Waals surface area (Å²) in [5, 5.41) is 13.8. The molecule has 0 aliphatic rings. The van der Waals surface area contributed by atoms with Gasteiger partial charge in [-0.05, 0) is 37.8 Å². The van der Waals surface area contributed by atoms with Crippen LogP contribution in [0.3, 0.4) is 0 Å². The van der Waals surface area contributed by atoms with Crippen LogP contribution in [0.1, 0.15) is 24.8 Å². The first-order chi connectivity index (χ1) is 9.06. The first kappa shape index (κ1) is 15.4. The highest BCUT2D eigenvalue weighted by Crippen LogP contribution is 2.27. The van der Waals surface area contributed by atoms with Crippen LogP contribution in [-0.4, -0.2) is 25.2 Å². The van der Waals surface area contributed by atoms with Crippen LogP contribution in [0, 0.1) is 22.9 Å². The molecule has 106 valence electrons. The number of nitro groups is 1. The van der Waals surface area contributed by atoms with Gasteiger partial charge in [-0.3, -0.25) is 10.1 Å². The van der Waals surface area contributed by atoms with E-state index < -0.39 is 10.7 Å². The summed E-state index contributed by atoms with van der Waals surface area (Å²) in [6, 6.07) is 2.44. The zero-order chi connectivity index (χ0) is 14.3. The molecule has 0 amide bonds. The molecule has 5 nitrogen and oxygen atoms in total. The van der Waals surface area contributed by atoms with E-state index in [2.05, 4.69) is 5.32 Å². The van der Waals surface area contributed by atoms with E-state index in [-0.39, 0.29) is 5.69 Å². The molecule has 1 rings (SSSR count). The highest BCUT2D eigenvalue weighted by atomic mass is 19.1. The number of anilines is 1. The molecule has 0 spiro atoms. The SMILES string of the molecule is COCCCCCNc1cc(C)c(F)cc1[N+](=O)[O-]. The molecular weight excluding hydrogens is 251 g/mol. The number of methoxy groups -OCH3 is 1. The standard InChI is InChI=1S/C13H19FN2O3/c1-10-8-12(13(16(17)18)9-11(10)14)15-6-4-3-5-7-19-2/h8-9,15H,3-7H2,1-2H3. The van der Waals surface area contributed by atoms with E-state index in [0.717, 1.165) is 31.9 Å². The molecule has 0 fully saturated rings. The lowest BCUT2D eigenvalue weighted by atomic mass is 10.1. The van der Waals surface area contributed by atoms with Gasteiger partial charge in [-0.2, -0.15) is 0 Å². The Morgan fingerprint density at radius 1 is 1.37 bits per heavy atom. The topological polar surface area (TPSA) is 64.4 Å². The van der Waals surface area contributed by atoms with E-state index in [4.69, 9.17) is 4.74 Å². The predicted molar refractivity (Wildman–Crippen MR) is 72.0 cm³/mol. The average molecular weight is 270 g/mol.